The largest absolute Gasteiger partial charge is 0.495 e. The highest BCUT2D eigenvalue weighted by atomic mass is 127. The molecule has 0 N–H and O–H groups in total. The third-order valence-electron chi connectivity index (χ3n) is 5.88. The van der Waals surface area contributed by atoms with E-state index in [1.807, 2.05) is 6.07 Å². The zero-order valence-corrected chi connectivity index (χ0v) is 16.6. The van der Waals surface area contributed by atoms with Gasteiger partial charge in [-0.3, -0.25) is 0 Å². The molecule has 0 aromatic heterocycles. The molecule has 4 heteroatoms. The van der Waals surface area contributed by atoms with Crippen LogP contribution in [0.2, 0.25) is 5.02 Å². The Labute approximate surface area is 157 Å². The number of benzene rings is 1. The summed E-state index contributed by atoms with van der Waals surface area (Å²) in [5.41, 5.74) is 0.783. The van der Waals surface area contributed by atoms with Crippen LogP contribution in [-0.4, -0.2) is 11.0 Å². The molecule has 2 aliphatic carbocycles. The maximum absolute atomic E-state index is 14.5. The van der Waals surface area contributed by atoms with Gasteiger partial charge in [-0.1, -0.05) is 40.3 Å². The second kappa shape index (κ2) is 7.90. The number of halogens is 3. The van der Waals surface area contributed by atoms with Crippen LogP contribution in [0.4, 0.5) is 4.39 Å². The fourth-order valence-electron chi connectivity index (χ4n) is 4.47. The lowest BCUT2D eigenvalue weighted by Gasteiger charge is -2.37. The summed E-state index contributed by atoms with van der Waals surface area (Å²) < 4.78 is 20.5. The summed E-state index contributed by atoms with van der Waals surface area (Å²) in [5.74, 6) is 2.23. The topological polar surface area (TPSA) is 9.23 Å². The van der Waals surface area contributed by atoms with Gasteiger partial charge in [0.25, 0.3) is 0 Å². The molecule has 0 saturated heterocycles. The van der Waals surface area contributed by atoms with Crippen LogP contribution in [0.15, 0.2) is 12.1 Å². The Balaban J connectivity index is 1.62. The number of hydrogen-bond donors (Lipinski definition) is 0. The van der Waals surface area contributed by atoms with E-state index >= 15 is 0 Å². The van der Waals surface area contributed by atoms with Crippen LogP contribution in [0.3, 0.4) is 0 Å². The van der Waals surface area contributed by atoms with Gasteiger partial charge in [0.05, 0.1) is 7.11 Å². The van der Waals surface area contributed by atoms with Gasteiger partial charge in [0.1, 0.15) is 16.6 Å². The molecule has 1 aromatic rings. The minimum absolute atomic E-state index is 0.132. The van der Waals surface area contributed by atoms with Gasteiger partial charge in [-0.15, -0.1) is 0 Å². The first kappa shape index (κ1) is 17.8. The normalized spacial score (nSPS) is 31.8. The summed E-state index contributed by atoms with van der Waals surface area (Å²) >= 11 is 8.68. The predicted octanol–water partition coefficient (Wildman–Crippen LogP) is 6.76. The molecule has 2 saturated carbocycles. The number of hydrogen-bond acceptors (Lipinski definition) is 1. The Hall–Kier alpha value is -0.0300. The molecule has 1 aromatic carbocycles. The van der Waals surface area contributed by atoms with Crippen LogP contribution in [-0.2, 0) is 0 Å². The predicted molar refractivity (Wildman–Crippen MR) is 102 cm³/mol. The van der Waals surface area contributed by atoms with E-state index in [0.717, 1.165) is 34.2 Å². The Kier molecular flexibility index (Phi) is 6.11. The molecular formula is C19H25ClFIO. The smallest absolute Gasteiger partial charge is 0.149 e. The summed E-state index contributed by atoms with van der Waals surface area (Å²) in [4.78, 5) is 0. The lowest BCUT2D eigenvalue weighted by atomic mass is 9.70. The Bertz CT molecular complexity index is 534. The van der Waals surface area contributed by atoms with Crippen LogP contribution in [0.1, 0.15) is 62.8 Å². The fraction of sp³-hybridized carbons (Fsp3) is 0.684. The van der Waals surface area contributed by atoms with Crippen molar-refractivity contribution in [1.29, 1.82) is 0 Å². The van der Waals surface area contributed by atoms with E-state index in [4.69, 9.17) is 16.3 Å². The van der Waals surface area contributed by atoms with Crippen molar-refractivity contribution in [3.8, 4) is 5.75 Å². The van der Waals surface area contributed by atoms with E-state index in [0.29, 0.717) is 11.7 Å². The van der Waals surface area contributed by atoms with Crippen molar-refractivity contribution in [2.75, 3.05) is 7.11 Å². The standard InChI is InChI=1S/C19H25ClFIO/c1-23-17-11-10-16(19(21)18(17)20)14-4-2-12(3-5-14)13-6-8-15(22)9-7-13/h10-15H,2-9H2,1H3. The monoisotopic (exact) mass is 450 g/mol. The summed E-state index contributed by atoms with van der Waals surface area (Å²) in [6.07, 6.45) is 10.2. The number of alkyl halides is 1. The lowest BCUT2D eigenvalue weighted by molar-refractivity contribution is 0.189. The van der Waals surface area contributed by atoms with Crippen LogP contribution < -0.4 is 4.74 Å². The third-order valence-corrected chi connectivity index (χ3v) is 7.47. The lowest BCUT2D eigenvalue weighted by Crippen LogP contribution is -2.25. The average molecular weight is 451 g/mol. The molecule has 0 radical (unpaired) electrons. The van der Waals surface area contributed by atoms with Crippen LogP contribution in [0.5, 0.6) is 5.75 Å². The van der Waals surface area contributed by atoms with Crippen LogP contribution in [0.25, 0.3) is 0 Å². The first-order valence-corrected chi connectivity index (χ1v) is 10.4. The van der Waals surface area contributed by atoms with E-state index in [2.05, 4.69) is 22.6 Å². The Morgan fingerprint density at radius 3 is 2.13 bits per heavy atom. The molecule has 0 heterocycles. The van der Waals surface area contributed by atoms with Gasteiger partial charge in [-0.2, -0.15) is 0 Å². The highest BCUT2D eigenvalue weighted by molar-refractivity contribution is 14.1. The highest BCUT2D eigenvalue weighted by Gasteiger charge is 2.32. The zero-order chi connectivity index (χ0) is 16.4. The summed E-state index contributed by atoms with van der Waals surface area (Å²) in [6.45, 7) is 0. The molecule has 3 rings (SSSR count). The van der Waals surface area contributed by atoms with E-state index in [1.54, 1.807) is 6.07 Å². The highest BCUT2D eigenvalue weighted by Crippen LogP contribution is 2.45. The number of methoxy groups -OCH3 is 1. The fourth-order valence-corrected chi connectivity index (χ4v) is 5.44. The Morgan fingerprint density at radius 1 is 1.00 bits per heavy atom. The second-order valence-corrected chi connectivity index (χ2v) is 9.25. The Morgan fingerprint density at radius 2 is 1.57 bits per heavy atom. The summed E-state index contributed by atoms with van der Waals surface area (Å²) in [5, 5.41) is 0.132. The minimum atomic E-state index is -0.278. The first-order valence-electron chi connectivity index (χ1n) is 8.76. The van der Waals surface area contributed by atoms with E-state index in [9.17, 15) is 4.39 Å². The minimum Gasteiger partial charge on any atom is -0.495 e. The van der Waals surface area contributed by atoms with Gasteiger partial charge in [-0.25, -0.2) is 4.39 Å². The molecule has 128 valence electrons. The molecule has 23 heavy (non-hydrogen) atoms. The van der Waals surface area contributed by atoms with E-state index < -0.39 is 0 Å². The molecule has 2 aliphatic rings. The summed E-state index contributed by atoms with van der Waals surface area (Å²) in [7, 11) is 1.52. The van der Waals surface area contributed by atoms with Gasteiger partial charge in [-0.05, 0) is 80.8 Å². The molecular weight excluding hydrogens is 426 g/mol. The van der Waals surface area contributed by atoms with Crippen molar-refractivity contribution in [1.82, 2.24) is 0 Å². The van der Waals surface area contributed by atoms with Gasteiger partial charge in [0.2, 0.25) is 0 Å². The van der Waals surface area contributed by atoms with Crippen molar-refractivity contribution in [2.24, 2.45) is 11.8 Å². The molecule has 1 nitrogen and oxygen atoms in total. The third kappa shape index (κ3) is 3.97. The van der Waals surface area contributed by atoms with Crippen molar-refractivity contribution >= 4 is 34.2 Å². The number of rotatable bonds is 3. The van der Waals surface area contributed by atoms with Crippen molar-refractivity contribution in [2.45, 2.75) is 61.2 Å². The SMILES string of the molecule is COc1ccc(C2CCC(C3CCC(I)CC3)CC2)c(F)c1Cl. The molecule has 2 fully saturated rings. The van der Waals surface area contributed by atoms with Crippen LogP contribution in [0, 0.1) is 17.7 Å². The van der Waals surface area contributed by atoms with Crippen molar-refractivity contribution in [3.63, 3.8) is 0 Å². The van der Waals surface area contributed by atoms with Crippen molar-refractivity contribution < 1.29 is 9.13 Å². The zero-order valence-electron chi connectivity index (χ0n) is 13.7. The molecule has 0 unspecified atom stereocenters. The second-order valence-electron chi connectivity index (χ2n) is 7.11. The molecule has 0 bridgehead atoms. The maximum Gasteiger partial charge on any atom is 0.149 e. The molecule has 0 aliphatic heterocycles. The first-order chi connectivity index (χ1) is 11.1. The van der Waals surface area contributed by atoms with Gasteiger partial charge in [0.15, 0.2) is 0 Å². The molecule has 0 amide bonds. The van der Waals surface area contributed by atoms with E-state index in [1.165, 1.54) is 45.6 Å². The average Bonchev–Trinajstić information content (AvgIpc) is 2.58. The van der Waals surface area contributed by atoms with Gasteiger partial charge < -0.3 is 4.74 Å². The van der Waals surface area contributed by atoms with Gasteiger partial charge >= 0.3 is 0 Å². The van der Waals surface area contributed by atoms with Crippen molar-refractivity contribution in [3.05, 3.63) is 28.5 Å². The quantitative estimate of drug-likeness (QED) is 0.365. The van der Waals surface area contributed by atoms with Crippen LogP contribution >= 0.6 is 34.2 Å². The van der Waals surface area contributed by atoms with Gasteiger partial charge in [0, 0.05) is 3.92 Å². The molecule has 0 atom stereocenters. The number of ether oxygens (including phenoxy) is 1. The summed E-state index contributed by atoms with van der Waals surface area (Å²) in [6, 6.07) is 3.67. The molecule has 0 spiro atoms. The maximum atomic E-state index is 14.5. The van der Waals surface area contributed by atoms with E-state index in [-0.39, 0.29) is 10.8 Å².